The van der Waals surface area contributed by atoms with Crippen LogP contribution >= 0.6 is 33.6 Å². The second-order valence-corrected chi connectivity index (χ2v) is 8.71. The van der Waals surface area contributed by atoms with Crippen LogP contribution in [-0.4, -0.2) is 25.8 Å². The Labute approximate surface area is 159 Å². The highest BCUT2D eigenvalue weighted by atomic mass is 35.5. The highest BCUT2D eigenvalue weighted by Gasteiger charge is 2.32. The molecule has 3 heterocycles. The molecule has 0 spiro atoms. The first-order chi connectivity index (χ1) is 12.5. The van der Waals surface area contributed by atoms with E-state index in [0.29, 0.717) is 16.5 Å². The molecule has 3 aromatic heterocycles. The number of aromatic carboxylic acids is 1. The summed E-state index contributed by atoms with van der Waals surface area (Å²) in [7, 11) is -0.898. The number of aryl methyl sites for hydroxylation is 1. The first-order valence-electron chi connectivity index (χ1n) is 7.46. The zero-order chi connectivity index (χ0) is 18.3. The largest absolute Gasteiger partial charge is 0.474 e. The van der Waals surface area contributed by atoms with Gasteiger partial charge in [-0.2, -0.15) is 0 Å². The van der Waals surface area contributed by atoms with Crippen molar-refractivity contribution >= 4 is 39.6 Å². The predicted octanol–water partition coefficient (Wildman–Crippen LogP) is 5.26. The van der Waals surface area contributed by atoms with Crippen LogP contribution in [0.5, 0.6) is 0 Å². The summed E-state index contributed by atoms with van der Waals surface area (Å²) in [4.78, 5) is 12.7. The molecular formula is C17H11ClN3O3S2+. The molecule has 0 aliphatic carbocycles. The second-order valence-electron chi connectivity index (χ2n) is 5.38. The molecule has 0 radical (unpaired) electrons. The van der Waals surface area contributed by atoms with E-state index in [0.717, 1.165) is 20.2 Å². The third kappa shape index (κ3) is 2.92. The molecule has 0 aliphatic rings. The average Bonchev–Trinajstić information content (AvgIpc) is 3.35. The first-order valence-corrected chi connectivity index (χ1v) is 9.83. The van der Waals surface area contributed by atoms with Gasteiger partial charge in [0, 0.05) is 33.2 Å². The number of hydrogen-bond donors (Lipinski definition) is 1. The molecule has 130 valence electrons. The van der Waals surface area contributed by atoms with Crippen molar-refractivity contribution in [2.75, 3.05) is 0 Å². The molecule has 9 heteroatoms. The van der Waals surface area contributed by atoms with Crippen LogP contribution in [0.4, 0.5) is 0 Å². The van der Waals surface area contributed by atoms with Crippen molar-refractivity contribution in [3.05, 3.63) is 58.2 Å². The number of nitrogens with zero attached hydrogens (tertiary/aromatic N) is 3. The van der Waals surface area contributed by atoms with Gasteiger partial charge in [-0.15, -0.1) is 0 Å². The van der Waals surface area contributed by atoms with Crippen LogP contribution < -0.4 is 0 Å². The zero-order valence-electron chi connectivity index (χ0n) is 13.3. The molecule has 1 unspecified atom stereocenters. The van der Waals surface area contributed by atoms with E-state index in [-0.39, 0.29) is 4.88 Å². The minimum absolute atomic E-state index is 0.236. The lowest BCUT2D eigenvalue weighted by Crippen LogP contribution is -1.96. The smallest absolute Gasteiger partial charge is 0.394 e. The Hall–Kier alpha value is -2.55. The minimum atomic E-state index is -0.990. The van der Waals surface area contributed by atoms with Gasteiger partial charge < -0.3 is 9.63 Å². The lowest BCUT2D eigenvalue weighted by atomic mass is 10.1. The summed E-state index contributed by atoms with van der Waals surface area (Å²) in [6.45, 7) is 1.66. The molecule has 0 aliphatic heterocycles. The maximum atomic E-state index is 11.5. The Bertz CT molecular complexity index is 1100. The molecule has 6 nitrogen and oxygen atoms in total. The fourth-order valence-corrected chi connectivity index (χ4v) is 5.74. The van der Waals surface area contributed by atoms with Gasteiger partial charge in [-0.25, -0.2) is 4.79 Å². The molecule has 0 fully saturated rings. The van der Waals surface area contributed by atoms with Crippen LogP contribution in [0.2, 0.25) is 5.02 Å². The molecule has 0 bridgehead atoms. The van der Waals surface area contributed by atoms with E-state index in [1.807, 2.05) is 24.3 Å². The minimum Gasteiger partial charge on any atom is -0.474 e. The number of halogens is 1. The summed E-state index contributed by atoms with van der Waals surface area (Å²) in [5.74, 6) is -0.339. The normalized spacial score (nSPS) is 11.7. The summed E-state index contributed by atoms with van der Waals surface area (Å²) in [6.07, 6.45) is 1.58. The lowest BCUT2D eigenvalue weighted by molar-refractivity contribution is 0.0701. The lowest BCUT2D eigenvalue weighted by Gasteiger charge is -2.03. The van der Waals surface area contributed by atoms with Crippen molar-refractivity contribution in [1.29, 1.82) is 0 Å². The molecule has 26 heavy (non-hydrogen) atoms. The fraction of sp³-hybridized carbons (Fsp3) is 0.0588. The van der Waals surface area contributed by atoms with E-state index in [2.05, 4.69) is 14.7 Å². The Balaban J connectivity index is 1.78. The Morgan fingerprint density at radius 2 is 2.12 bits per heavy atom. The fourth-order valence-electron chi connectivity index (χ4n) is 2.51. The number of carboxylic acids is 1. The number of carboxylic acid groups (broad SMARTS) is 1. The summed E-state index contributed by atoms with van der Waals surface area (Å²) >= 11 is 7.84. The molecule has 1 N–H and O–H groups in total. The third-order valence-corrected chi connectivity index (χ3v) is 7.30. The van der Waals surface area contributed by atoms with Crippen molar-refractivity contribution < 1.29 is 14.4 Å². The SMILES string of the molecule is Cc1nn[s+](-c2ccc(-c3cc(-c4ccno4)ccc3Cl)s2)c1C(=O)O. The first kappa shape index (κ1) is 16.9. The summed E-state index contributed by atoms with van der Waals surface area (Å²) < 4.78 is 10.2. The molecule has 1 atom stereocenters. The molecule has 0 amide bonds. The molecule has 4 aromatic rings. The van der Waals surface area contributed by atoms with Gasteiger partial charge in [0.15, 0.2) is 16.4 Å². The van der Waals surface area contributed by atoms with Gasteiger partial charge in [-0.1, -0.05) is 33.2 Å². The van der Waals surface area contributed by atoms with Crippen molar-refractivity contribution in [3.8, 4) is 26.0 Å². The van der Waals surface area contributed by atoms with Gasteiger partial charge in [-0.3, -0.25) is 0 Å². The van der Waals surface area contributed by atoms with Crippen molar-refractivity contribution in [3.63, 3.8) is 0 Å². The molecular weight excluding hydrogens is 394 g/mol. The van der Waals surface area contributed by atoms with Gasteiger partial charge in [0.05, 0.1) is 10.7 Å². The van der Waals surface area contributed by atoms with Gasteiger partial charge in [0.2, 0.25) is 0 Å². The number of rotatable bonds is 4. The van der Waals surface area contributed by atoms with Crippen LogP contribution in [0.3, 0.4) is 0 Å². The number of thiophene rings is 1. The Morgan fingerprint density at radius 3 is 2.85 bits per heavy atom. The molecule has 4 rings (SSSR count). The van der Waals surface area contributed by atoms with E-state index in [9.17, 15) is 9.90 Å². The third-order valence-electron chi connectivity index (χ3n) is 3.71. The average molecular weight is 405 g/mol. The maximum absolute atomic E-state index is 11.5. The van der Waals surface area contributed by atoms with Crippen LogP contribution in [-0.2, 0) is 0 Å². The van der Waals surface area contributed by atoms with Gasteiger partial charge in [-0.05, 0) is 31.2 Å². The standard InChI is InChI=1S/C17H10ClN3O3S2/c1-9-16(17(22)23)26(21-20-9)15-5-4-14(25-15)11-8-10(2-3-12(11)18)13-6-7-19-24-13/h2-8H,1H3/p+1. The van der Waals surface area contributed by atoms with Crippen LogP contribution in [0.25, 0.3) is 26.0 Å². The van der Waals surface area contributed by atoms with E-state index in [1.165, 1.54) is 11.3 Å². The Morgan fingerprint density at radius 1 is 1.27 bits per heavy atom. The van der Waals surface area contributed by atoms with Gasteiger partial charge in [0.1, 0.15) is 5.69 Å². The number of carbonyl (C=O) groups is 1. The van der Waals surface area contributed by atoms with Gasteiger partial charge in [0.25, 0.3) is 4.21 Å². The molecule has 1 aromatic carbocycles. The van der Waals surface area contributed by atoms with E-state index < -0.39 is 16.6 Å². The van der Waals surface area contributed by atoms with Crippen LogP contribution in [0, 0.1) is 6.92 Å². The number of benzene rings is 1. The maximum Gasteiger partial charge on any atom is 0.394 e. The van der Waals surface area contributed by atoms with Crippen LogP contribution in [0.1, 0.15) is 15.4 Å². The number of aromatic nitrogens is 3. The van der Waals surface area contributed by atoms with E-state index in [4.69, 9.17) is 16.1 Å². The highest BCUT2D eigenvalue weighted by Crippen LogP contribution is 2.43. The van der Waals surface area contributed by atoms with Crippen molar-refractivity contribution in [1.82, 2.24) is 14.7 Å². The topological polar surface area (TPSA) is 89.1 Å². The van der Waals surface area contributed by atoms with Crippen molar-refractivity contribution in [2.24, 2.45) is 0 Å². The van der Waals surface area contributed by atoms with Crippen molar-refractivity contribution in [2.45, 2.75) is 6.92 Å². The Kier molecular flexibility index (Phi) is 4.31. The summed E-state index contributed by atoms with van der Waals surface area (Å²) in [6, 6.07) is 11.2. The summed E-state index contributed by atoms with van der Waals surface area (Å²) in [5.41, 5.74) is 2.15. The predicted molar refractivity (Wildman–Crippen MR) is 101 cm³/mol. The van der Waals surface area contributed by atoms with E-state index in [1.54, 1.807) is 25.3 Å². The van der Waals surface area contributed by atoms with E-state index >= 15 is 0 Å². The molecule has 0 saturated carbocycles. The van der Waals surface area contributed by atoms with Crippen LogP contribution in [0.15, 0.2) is 47.1 Å². The van der Waals surface area contributed by atoms with Gasteiger partial charge >= 0.3 is 10.8 Å². The quantitative estimate of drug-likeness (QED) is 0.467. The highest BCUT2D eigenvalue weighted by molar-refractivity contribution is 7.48. The zero-order valence-corrected chi connectivity index (χ0v) is 15.7. The molecule has 0 saturated heterocycles. The number of hydrogen-bond acceptors (Lipinski definition) is 6. The monoisotopic (exact) mass is 404 g/mol. The summed E-state index contributed by atoms with van der Waals surface area (Å²) in [5, 5.41) is 17.7. The second kappa shape index (κ2) is 6.64.